The van der Waals surface area contributed by atoms with Gasteiger partial charge in [0.25, 0.3) is 0 Å². The van der Waals surface area contributed by atoms with E-state index in [1.165, 1.54) is 0 Å². The van der Waals surface area contributed by atoms with E-state index in [0.29, 0.717) is 18.9 Å². The van der Waals surface area contributed by atoms with Crippen LogP contribution < -0.4 is 5.32 Å². The second kappa shape index (κ2) is 6.07. The van der Waals surface area contributed by atoms with Crippen molar-refractivity contribution in [1.29, 1.82) is 0 Å². The van der Waals surface area contributed by atoms with Gasteiger partial charge in [0, 0.05) is 25.0 Å². The van der Waals surface area contributed by atoms with Crippen LogP contribution in [-0.2, 0) is 4.79 Å². The first-order valence-electron chi connectivity index (χ1n) is 6.57. The molecule has 2 amide bonds. The van der Waals surface area contributed by atoms with E-state index in [1.54, 1.807) is 4.90 Å². The number of amides is 2. The second-order valence-corrected chi connectivity index (χ2v) is 6.07. The number of carbonyl (C=O) groups is 2. The predicted molar refractivity (Wildman–Crippen MR) is 69.5 cm³/mol. The minimum Gasteiger partial charge on any atom is -0.481 e. The smallest absolute Gasteiger partial charge is 0.317 e. The van der Waals surface area contributed by atoms with Gasteiger partial charge in [0.05, 0.1) is 0 Å². The molecule has 0 radical (unpaired) electrons. The van der Waals surface area contributed by atoms with Crippen LogP contribution in [0.25, 0.3) is 0 Å². The Morgan fingerprint density at radius 3 is 2.61 bits per heavy atom. The largest absolute Gasteiger partial charge is 0.481 e. The molecule has 1 fully saturated rings. The van der Waals surface area contributed by atoms with Crippen molar-refractivity contribution in [2.45, 2.75) is 52.0 Å². The Balaban J connectivity index is 2.43. The lowest BCUT2D eigenvalue weighted by molar-refractivity contribution is -0.137. The zero-order valence-electron chi connectivity index (χ0n) is 11.5. The molecule has 1 heterocycles. The Kier molecular flexibility index (Phi) is 4.99. The molecule has 5 heteroatoms. The van der Waals surface area contributed by atoms with E-state index in [0.717, 1.165) is 19.4 Å². The van der Waals surface area contributed by atoms with E-state index in [4.69, 9.17) is 5.11 Å². The van der Waals surface area contributed by atoms with Crippen molar-refractivity contribution in [1.82, 2.24) is 10.2 Å². The summed E-state index contributed by atoms with van der Waals surface area (Å²) >= 11 is 0. The first-order valence-corrected chi connectivity index (χ1v) is 6.57. The van der Waals surface area contributed by atoms with Crippen LogP contribution in [0.5, 0.6) is 0 Å². The van der Waals surface area contributed by atoms with Crippen molar-refractivity contribution >= 4 is 12.0 Å². The van der Waals surface area contributed by atoms with E-state index in [1.807, 2.05) is 20.8 Å². The monoisotopic (exact) mass is 256 g/mol. The summed E-state index contributed by atoms with van der Waals surface area (Å²) in [6.07, 6.45) is 2.84. The SMILES string of the molecule is CC(C)(C)NC(=O)N1CCCC(CCC(=O)O)C1. The maximum Gasteiger partial charge on any atom is 0.317 e. The molecule has 0 saturated carbocycles. The quantitative estimate of drug-likeness (QED) is 0.812. The molecule has 1 saturated heterocycles. The minimum atomic E-state index is -0.758. The minimum absolute atomic E-state index is 0.0393. The van der Waals surface area contributed by atoms with Gasteiger partial charge < -0.3 is 15.3 Å². The zero-order chi connectivity index (χ0) is 13.8. The summed E-state index contributed by atoms with van der Waals surface area (Å²) in [6.45, 7) is 7.31. The fourth-order valence-corrected chi connectivity index (χ4v) is 2.21. The van der Waals surface area contributed by atoms with Crippen LogP contribution in [0.4, 0.5) is 4.79 Å². The lowest BCUT2D eigenvalue weighted by Crippen LogP contribution is -2.51. The van der Waals surface area contributed by atoms with Gasteiger partial charge >= 0.3 is 12.0 Å². The van der Waals surface area contributed by atoms with E-state index >= 15 is 0 Å². The standard InChI is InChI=1S/C13H24N2O3/c1-13(2,3)14-12(18)15-8-4-5-10(9-15)6-7-11(16)17/h10H,4-9H2,1-3H3,(H,14,18)(H,16,17). The lowest BCUT2D eigenvalue weighted by Gasteiger charge is -2.34. The van der Waals surface area contributed by atoms with Gasteiger partial charge in [-0.1, -0.05) is 0 Å². The molecule has 18 heavy (non-hydrogen) atoms. The van der Waals surface area contributed by atoms with Crippen molar-refractivity contribution < 1.29 is 14.7 Å². The molecule has 0 bridgehead atoms. The second-order valence-electron chi connectivity index (χ2n) is 6.07. The lowest BCUT2D eigenvalue weighted by atomic mass is 9.93. The average Bonchev–Trinajstić information content (AvgIpc) is 2.24. The van der Waals surface area contributed by atoms with Gasteiger partial charge in [0.2, 0.25) is 0 Å². The van der Waals surface area contributed by atoms with Gasteiger partial charge in [0.15, 0.2) is 0 Å². The normalized spacial score (nSPS) is 20.6. The summed E-state index contributed by atoms with van der Waals surface area (Å²) < 4.78 is 0. The van der Waals surface area contributed by atoms with Gasteiger partial charge in [-0.15, -0.1) is 0 Å². The molecular formula is C13H24N2O3. The number of rotatable bonds is 3. The zero-order valence-corrected chi connectivity index (χ0v) is 11.5. The molecule has 0 aromatic heterocycles. The number of urea groups is 1. The summed E-state index contributed by atoms with van der Waals surface area (Å²) in [4.78, 5) is 24.4. The highest BCUT2D eigenvalue weighted by Crippen LogP contribution is 2.21. The Labute approximate surface area is 109 Å². The third-order valence-corrected chi connectivity index (χ3v) is 3.05. The van der Waals surface area contributed by atoms with Gasteiger partial charge in [-0.2, -0.15) is 0 Å². The fraction of sp³-hybridized carbons (Fsp3) is 0.846. The molecule has 1 rings (SSSR count). The van der Waals surface area contributed by atoms with Gasteiger partial charge in [0.1, 0.15) is 0 Å². The maximum absolute atomic E-state index is 12.0. The highest BCUT2D eigenvalue weighted by Gasteiger charge is 2.26. The summed E-state index contributed by atoms with van der Waals surface area (Å²) in [6, 6.07) is -0.0393. The average molecular weight is 256 g/mol. The summed E-state index contributed by atoms with van der Waals surface area (Å²) in [7, 11) is 0. The van der Waals surface area contributed by atoms with Crippen molar-refractivity contribution in [3.8, 4) is 0 Å². The number of nitrogens with zero attached hydrogens (tertiary/aromatic N) is 1. The number of piperidine rings is 1. The summed E-state index contributed by atoms with van der Waals surface area (Å²) in [5.41, 5.74) is -0.231. The summed E-state index contributed by atoms with van der Waals surface area (Å²) in [5, 5.41) is 11.6. The van der Waals surface area contributed by atoms with Crippen LogP contribution in [-0.4, -0.2) is 40.6 Å². The van der Waals surface area contributed by atoms with Gasteiger partial charge in [-0.25, -0.2) is 4.79 Å². The molecule has 1 atom stereocenters. The first-order chi connectivity index (χ1) is 8.28. The van der Waals surface area contributed by atoms with Crippen LogP contribution in [0.15, 0.2) is 0 Å². The molecule has 1 unspecified atom stereocenters. The van der Waals surface area contributed by atoms with Crippen molar-refractivity contribution in [3.05, 3.63) is 0 Å². The predicted octanol–water partition coefficient (Wildman–Crippen LogP) is 2.07. The number of carboxylic acids is 1. The van der Waals surface area contributed by atoms with Crippen molar-refractivity contribution in [2.24, 2.45) is 5.92 Å². The third kappa shape index (κ3) is 5.38. The number of carboxylic acid groups (broad SMARTS) is 1. The molecule has 0 aromatic rings. The number of likely N-dealkylation sites (tertiary alicyclic amines) is 1. The summed E-state index contributed by atoms with van der Waals surface area (Å²) in [5.74, 6) is -0.438. The Morgan fingerprint density at radius 1 is 1.39 bits per heavy atom. The van der Waals surface area contributed by atoms with E-state index in [9.17, 15) is 9.59 Å². The van der Waals surface area contributed by atoms with Gasteiger partial charge in [-0.3, -0.25) is 4.79 Å². The van der Waals surface area contributed by atoms with Crippen LogP contribution >= 0.6 is 0 Å². The maximum atomic E-state index is 12.0. The number of hydrogen-bond donors (Lipinski definition) is 2. The molecule has 0 aliphatic carbocycles. The van der Waals surface area contributed by atoms with Crippen LogP contribution in [0.3, 0.4) is 0 Å². The van der Waals surface area contributed by atoms with Crippen LogP contribution in [0, 0.1) is 5.92 Å². The Bertz CT molecular complexity index is 310. The van der Waals surface area contributed by atoms with E-state index < -0.39 is 5.97 Å². The Morgan fingerprint density at radius 2 is 2.06 bits per heavy atom. The Hall–Kier alpha value is -1.26. The highest BCUT2D eigenvalue weighted by molar-refractivity contribution is 5.75. The molecule has 104 valence electrons. The molecule has 0 spiro atoms. The van der Waals surface area contributed by atoms with Crippen molar-refractivity contribution in [3.63, 3.8) is 0 Å². The van der Waals surface area contributed by atoms with Crippen LogP contribution in [0.2, 0.25) is 0 Å². The highest BCUT2D eigenvalue weighted by atomic mass is 16.4. The van der Waals surface area contributed by atoms with Crippen molar-refractivity contribution in [2.75, 3.05) is 13.1 Å². The fourth-order valence-electron chi connectivity index (χ4n) is 2.21. The van der Waals surface area contributed by atoms with E-state index in [-0.39, 0.29) is 18.0 Å². The molecule has 1 aliphatic heterocycles. The topological polar surface area (TPSA) is 69.6 Å². The number of aliphatic carboxylic acids is 1. The van der Waals surface area contributed by atoms with Crippen LogP contribution in [0.1, 0.15) is 46.5 Å². The van der Waals surface area contributed by atoms with E-state index in [2.05, 4.69) is 5.32 Å². The molecule has 5 nitrogen and oxygen atoms in total. The van der Waals surface area contributed by atoms with Gasteiger partial charge in [-0.05, 0) is 46.0 Å². The molecule has 1 aliphatic rings. The number of hydrogen-bond acceptors (Lipinski definition) is 2. The molecule has 0 aromatic carbocycles. The molecular weight excluding hydrogens is 232 g/mol. The first kappa shape index (κ1) is 14.8. The number of nitrogens with one attached hydrogen (secondary N) is 1. The molecule has 2 N–H and O–H groups in total. The third-order valence-electron chi connectivity index (χ3n) is 3.05. The number of carbonyl (C=O) groups excluding carboxylic acids is 1.